The number of amidine groups is 1. The summed E-state index contributed by atoms with van der Waals surface area (Å²) in [6.45, 7) is 0. The summed E-state index contributed by atoms with van der Waals surface area (Å²) in [4.78, 5) is 5.41. The maximum atomic E-state index is 9.30. The SMILES string of the molecule is N=C(NC1(c2ccccc2)N=C1c1c(-c2ccc(C3(c4ccccc4)c4ccccc4-c4c3ccc3ccccc43)cc2)c2ccccc2c2ccccc12)c1ccccc1. The molecule has 1 aliphatic carbocycles. The second kappa shape index (κ2) is 13.6. The van der Waals surface area contributed by atoms with Crippen LogP contribution in [0.1, 0.15) is 38.9 Å². The van der Waals surface area contributed by atoms with E-state index in [2.05, 4.69) is 193 Å². The zero-order valence-corrected chi connectivity index (χ0v) is 33.3. The van der Waals surface area contributed by atoms with Gasteiger partial charge in [0.15, 0.2) is 0 Å². The minimum absolute atomic E-state index is 0.329. The number of nitrogens with one attached hydrogen (secondary N) is 2. The maximum Gasteiger partial charge on any atom is 0.200 e. The first-order valence-corrected chi connectivity index (χ1v) is 21.0. The number of hydrogen-bond donors (Lipinski definition) is 2. The molecule has 286 valence electrons. The molecule has 1 aliphatic heterocycles. The molecule has 12 rings (SSSR count). The molecular weight excluding hydrogens is 739 g/mol. The molecule has 10 aromatic carbocycles. The van der Waals surface area contributed by atoms with Crippen molar-refractivity contribution in [1.29, 1.82) is 5.41 Å². The lowest BCUT2D eigenvalue weighted by molar-refractivity contribution is 0.660. The van der Waals surface area contributed by atoms with Gasteiger partial charge < -0.3 is 5.32 Å². The fourth-order valence-electron chi connectivity index (χ4n) is 10.4. The second-order valence-corrected chi connectivity index (χ2v) is 16.2. The van der Waals surface area contributed by atoms with Gasteiger partial charge in [-0.05, 0) is 76.8 Å². The molecule has 0 aromatic heterocycles. The van der Waals surface area contributed by atoms with Gasteiger partial charge in [-0.15, -0.1) is 0 Å². The van der Waals surface area contributed by atoms with Crippen LogP contribution < -0.4 is 5.32 Å². The van der Waals surface area contributed by atoms with Crippen LogP contribution in [0.15, 0.2) is 229 Å². The molecule has 0 amide bonds. The molecule has 3 heteroatoms. The van der Waals surface area contributed by atoms with Gasteiger partial charge in [-0.3, -0.25) is 5.41 Å². The van der Waals surface area contributed by atoms with Crippen molar-refractivity contribution in [2.45, 2.75) is 11.1 Å². The molecule has 0 radical (unpaired) electrons. The molecule has 0 fully saturated rings. The minimum atomic E-state index is -0.911. The highest BCUT2D eigenvalue weighted by Gasteiger charge is 2.52. The van der Waals surface area contributed by atoms with E-state index < -0.39 is 11.1 Å². The Kier molecular flexibility index (Phi) is 7.82. The number of fused-ring (bicyclic) bond motifs is 8. The Morgan fingerprint density at radius 2 is 0.918 bits per heavy atom. The zero-order valence-electron chi connectivity index (χ0n) is 33.3. The molecule has 3 nitrogen and oxygen atoms in total. The van der Waals surface area contributed by atoms with E-state index in [0.717, 1.165) is 38.9 Å². The summed E-state index contributed by atoms with van der Waals surface area (Å²) >= 11 is 0. The number of aliphatic imine (C=N–C) groups is 1. The smallest absolute Gasteiger partial charge is 0.200 e. The van der Waals surface area contributed by atoms with Crippen molar-refractivity contribution in [3.05, 3.63) is 263 Å². The highest BCUT2D eigenvalue weighted by molar-refractivity contribution is 6.32. The third kappa shape index (κ3) is 5.17. The second-order valence-electron chi connectivity index (χ2n) is 16.2. The van der Waals surface area contributed by atoms with Crippen molar-refractivity contribution >= 4 is 43.9 Å². The molecule has 2 aliphatic rings. The van der Waals surface area contributed by atoms with Gasteiger partial charge in [0.1, 0.15) is 5.84 Å². The quantitative estimate of drug-likeness (QED) is 0.0945. The van der Waals surface area contributed by atoms with Crippen LogP contribution in [0.5, 0.6) is 0 Å². The predicted molar refractivity (Wildman–Crippen MR) is 253 cm³/mol. The van der Waals surface area contributed by atoms with Crippen molar-refractivity contribution in [3.63, 3.8) is 0 Å². The van der Waals surface area contributed by atoms with Crippen LogP contribution in [-0.2, 0) is 11.1 Å². The van der Waals surface area contributed by atoms with Gasteiger partial charge in [0.05, 0.1) is 11.1 Å². The summed E-state index contributed by atoms with van der Waals surface area (Å²) in [6.07, 6.45) is 0. The fraction of sp³-hybridized carbons (Fsp3) is 0.0345. The third-order valence-corrected chi connectivity index (χ3v) is 13.0. The standard InChI is InChI=1S/C58H39N3/c59-56(40-19-4-1-5-20-40)61-58(43-23-8-3-9-24-43)55(60-58)54-48-29-15-13-27-46(48)45-26-12-14-28-47(45)52(54)39-32-35-42(36-33-39)57(41-21-6-2-7-22-41)50-31-17-16-30-49(50)53-44-25-11-10-18-38(44)34-37-51(53)57/h1-37H,(H2,59,61). The van der Waals surface area contributed by atoms with E-state index >= 15 is 0 Å². The lowest BCUT2D eigenvalue weighted by atomic mass is 9.67. The van der Waals surface area contributed by atoms with Gasteiger partial charge in [-0.1, -0.05) is 224 Å². The molecule has 2 unspecified atom stereocenters. The molecular formula is C58H39N3. The van der Waals surface area contributed by atoms with Crippen molar-refractivity contribution in [1.82, 2.24) is 5.32 Å². The Labute approximate surface area is 354 Å². The zero-order chi connectivity index (χ0) is 40.5. The van der Waals surface area contributed by atoms with Gasteiger partial charge in [0.25, 0.3) is 0 Å². The summed E-state index contributed by atoms with van der Waals surface area (Å²) in [5.41, 5.74) is 12.3. The van der Waals surface area contributed by atoms with E-state index in [-0.39, 0.29) is 0 Å². The number of hydrogen-bond acceptors (Lipinski definition) is 2. The predicted octanol–water partition coefficient (Wildman–Crippen LogP) is 13.4. The molecule has 2 atom stereocenters. The summed E-state index contributed by atoms with van der Waals surface area (Å²) in [6, 6.07) is 80.5. The van der Waals surface area contributed by atoms with Crippen molar-refractivity contribution in [2.75, 3.05) is 0 Å². The Balaban J connectivity index is 1.09. The van der Waals surface area contributed by atoms with Crippen molar-refractivity contribution in [3.8, 4) is 22.3 Å². The Morgan fingerprint density at radius 1 is 0.393 bits per heavy atom. The summed E-state index contributed by atoms with van der Waals surface area (Å²) in [5.74, 6) is 0.329. The van der Waals surface area contributed by atoms with E-state index in [9.17, 15) is 5.41 Å². The Morgan fingerprint density at radius 3 is 1.61 bits per heavy atom. The van der Waals surface area contributed by atoms with Gasteiger partial charge in [-0.25, -0.2) is 4.99 Å². The summed E-state index contributed by atoms with van der Waals surface area (Å²) in [5, 5.41) is 20.1. The van der Waals surface area contributed by atoms with Gasteiger partial charge in [0, 0.05) is 16.7 Å². The molecule has 0 spiro atoms. The van der Waals surface area contributed by atoms with Gasteiger partial charge >= 0.3 is 0 Å². The van der Waals surface area contributed by atoms with E-state index in [1.54, 1.807) is 0 Å². The first-order valence-electron chi connectivity index (χ1n) is 21.0. The molecule has 0 bridgehead atoms. The lowest BCUT2D eigenvalue weighted by Crippen LogP contribution is -2.40. The highest BCUT2D eigenvalue weighted by Crippen LogP contribution is 2.58. The monoisotopic (exact) mass is 777 g/mol. The average molecular weight is 778 g/mol. The van der Waals surface area contributed by atoms with Crippen LogP contribution in [-0.4, -0.2) is 11.5 Å². The first-order chi connectivity index (χ1) is 30.2. The average Bonchev–Trinajstić information content (AvgIpc) is 3.97. The van der Waals surface area contributed by atoms with Crippen LogP contribution in [0.4, 0.5) is 0 Å². The molecule has 10 aromatic rings. The van der Waals surface area contributed by atoms with Crippen LogP contribution in [0.3, 0.4) is 0 Å². The Bertz CT molecular complexity index is 3390. The topological polar surface area (TPSA) is 48.2 Å². The third-order valence-electron chi connectivity index (χ3n) is 13.0. The van der Waals surface area contributed by atoms with E-state index in [0.29, 0.717) is 5.84 Å². The van der Waals surface area contributed by atoms with E-state index in [1.807, 2.05) is 36.4 Å². The first kappa shape index (κ1) is 35.1. The van der Waals surface area contributed by atoms with Crippen LogP contribution in [0.2, 0.25) is 0 Å². The molecule has 61 heavy (non-hydrogen) atoms. The normalized spacial score (nSPS) is 17.5. The van der Waals surface area contributed by atoms with Crippen LogP contribution in [0.25, 0.3) is 54.6 Å². The Hall–Kier alpha value is -7.88. The number of rotatable bonds is 7. The van der Waals surface area contributed by atoms with Crippen molar-refractivity contribution < 1.29 is 0 Å². The molecule has 1 heterocycles. The summed E-state index contributed by atoms with van der Waals surface area (Å²) in [7, 11) is 0. The minimum Gasteiger partial charge on any atom is -0.337 e. The summed E-state index contributed by atoms with van der Waals surface area (Å²) < 4.78 is 0. The largest absolute Gasteiger partial charge is 0.337 e. The van der Waals surface area contributed by atoms with Crippen LogP contribution >= 0.6 is 0 Å². The number of nitrogens with zero attached hydrogens (tertiary/aromatic N) is 1. The maximum absolute atomic E-state index is 9.30. The highest BCUT2D eigenvalue weighted by atomic mass is 15.3. The molecule has 2 N–H and O–H groups in total. The molecule has 0 saturated heterocycles. The van der Waals surface area contributed by atoms with Crippen LogP contribution in [0, 0.1) is 5.41 Å². The molecule has 0 saturated carbocycles. The lowest BCUT2D eigenvalue weighted by Gasteiger charge is -2.34. The van der Waals surface area contributed by atoms with Gasteiger partial charge in [-0.2, -0.15) is 0 Å². The van der Waals surface area contributed by atoms with E-state index in [4.69, 9.17) is 4.99 Å². The van der Waals surface area contributed by atoms with Gasteiger partial charge in [0.2, 0.25) is 5.66 Å². The van der Waals surface area contributed by atoms with E-state index in [1.165, 1.54) is 60.3 Å². The number of benzene rings is 10. The van der Waals surface area contributed by atoms with Crippen molar-refractivity contribution in [2.24, 2.45) is 4.99 Å². The fourth-order valence-corrected chi connectivity index (χ4v) is 10.4.